The van der Waals surface area contributed by atoms with E-state index < -0.39 is 10.1 Å². The first-order valence-corrected chi connectivity index (χ1v) is 11.2. The van der Waals surface area contributed by atoms with Crippen molar-refractivity contribution >= 4 is 27.6 Å². The van der Waals surface area contributed by atoms with Gasteiger partial charge in [-0.15, -0.1) is 0 Å². The molecule has 0 heterocycles. The molecule has 0 saturated carbocycles. The average Bonchev–Trinajstić information content (AvgIpc) is 2.69. The van der Waals surface area contributed by atoms with Gasteiger partial charge in [0.05, 0.1) is 16.8 Å². The molecule has 156 valence electrons. The van der Waals surface area contributed by atoms with Crippen molar-refractivity contribution in [3.05, 3.63) is 100 Å². The van der Waals surface area contributed by atoms with Crippen LogP contribution in [0.1, 0.15) is 21.5 Å². The third-order valence-corrected chi connectivity index (χ3v) is 5.05. The van der Waals surface area contributed by atoms with Crippen molar-refractivity contribution in [2.24, 2.45) is 0 Å². The molecule has 0 saturated heterocycles. The van der Waals surface area contributed by atoms with Crippen LogP contribution in [0.4, 0.5) is 4.39 Å². The first-order chi connectivity index (χ1) is 14.2. The molecular formula is C22H19ClFNO4S. The van der Waals surface area contributed by atoms with Gasteiger partial charge in [-0.2, -0.15) is 8.42 Å². The van der Waals surface area contributed by atoms with E-state index in [4.69, 9.17) is 15.8 Å². The Hall–Kier alpha value is -2.90. The van der Waals surface area contributed by atoms with Gasteiger partial charge in [-0.1, -0.05) is 48.0 Å². The third-order valence-electron chi connectivity index (χ3n) is 4.22. The van der Waals surface area contributed by atoms with Crippen molar-refractivity contribution in [1.29, 1.82) is 0 Å². The Balaban J connectivity index is 1.86. The summed E-state index contributed by atoms with van der Waals surface area (Å²) in [7, 11) is -3.62. The van der Waals surface area contributed by atoms with Crippen molar-refractivity contribution in [1.82, 2.24) is 4.90 Å². The van der Waals surface area contributed by atoms with Crippen LogP contribution in [-0.4, -0.2) is 25.5 Å². The second-order valence-electron chi connectivity index (χ2n) is 6.70. The van der Waals surface area contributed by atoms with Crippen LogP contribution in [0.5, 0.6) is 5.75 Å². The van der Waals surface area contributed by atoms with Gasteiger partial charge in [0.2, 0.25) is 0 Å². The quantitative estimate of drug-likeness (QED) is 0.494. The Kier molecular flexibility index (Phi) is 6.74. The maximum atomic E-state index is 13.3. The standard InChI is InChI=1S/C22H19ClFNO4S/c1-30(27,28)29-19-12-8-17(9-13-19)15-25(14-16-6-10-18(24)11-7-16)22(26)20-4-2-3-5-21(20)23/h2-13H,14-15H2,1H3. The highest BCUT2D eigenvalue weighted by atomic mass is 35.5. The normalized spacial score (nSPS) is 11.2. The smallest absolute Gasteiger partial charge is 0.306 e. The van der Waals surface area contributed by atoms with Crippen molar-refractivity contribution < 1.29 is 21.8 Å². The number of hydrogen-bond donors (Lipinski definition) is 0. The van der Waals surface area contributed by atoms with E-state index in [2.05, 4.69) is 0 Å². The van der Waals surface area contributed by atoms with Crippen LogP contribution in [0, 0.1) is 5.82 Å². The van der Waals surface area contributed by atoms with Crippen molar-refractivity contribution in [3.8, 4) is 5.75 Å². The molecule has 3 aromatic rings. The minimum atomic E-state index is -3.62. The van der Waals surface area contributed by atoms with E-state index in [1.54, 1.807) is 53.4 Å². The number of carbonyl (C=O) groups is 1. The van der Waals surface area contributed by atoms with Crippen LogP contribution in [-0.2, 0) is 23.2 Å². The third kappa shape index (κ3) is 6.05. The number of carbonyl (C=O) groups excluding carboxylic acids is 1. The minimum absolute atomic E-state index is 0.184. The van der Waals surface area contributed by atoms with Crippen LogP contribution >= 0.6 is 11.6 Å². The zero-order valence-electron chi connectivity index (χ0n) is 16.1. The molecule has 0 spiro atoms. The second-order valence-corrected chi connectivity index (χ2v) is 8.68. The topological polar surface area (TPSA) is 63.7 Å². The van der Waals surface area contributed by atoms with E-state index in [9.17, 15) is 17.6 Å². The average molecular weight is 448 g/mol. The molecule has 0 aromatic heterocycles. The summed E-state index contributed by atoms with van der Waals surface area (Å²) in [4.78, 5) is 14.7. The van der Waals surface area contributed by atoms with E-state index in [1.807, 2.05) is 0 Å². The second kappa shape index (κ2) is 9.28. The lowest BCUT2D eigenvalue weighted by atomic mass is 10.1. The molecule has 0 aliphatic heterocycles. The van der Waals surface area contributed by atoms with Crippen molar-refractivity contribution in [2.45, 2.75) is 13.1 Å². The lowest BCUT2D eigenvalue weighted by Crippen LogP contribution is -2.30. The SMILES string of the molecule is CS(=O)(=O)Oc1ccc(CN(Cc2ccc(F)cc2)C(=O)c2ccccc2Cl)cc1. The fraction of sp³-hybridized carbons (Fsp3) is 0.136. The summed E-state index contributed by atoms with van der Waals surface area (Å²) in [6.45, 7) is 0.479. The number of nitrogens with zero attached hydrogens (tertiary/aromatic N) is 1. The van der Waals surface area contributed by atoms with E-state index in [0.717, 1.165) is 17.4 Å². The van der Waals surface area contributed by atoms with Crippen LogP contribution in [0.3, 0.4) is 0 Å². The Labute approximate surface area is 179 Å². The number of rotatable bonds is 7. The van der Waals surface area contributed by atoms with E-state index in [1.165, 1.54) is 24.3 Å². The molecule has 0 aliphatic carbocycles. The van der Waals surface area contributed by atoms with Gasteiger partial charge in [-0.05, 0) is 47.5 Å². The first kappa shape index (κ1) is 21.8. The molecule has 3 rings (SSSR count). The summed E-state index contributed by atoms with van der Waals surface area (Å²) in [5.41, 5.74) is 1.88. The lowest BCUT2D eigenvalue weighted by molar-refractivity contribution is 0.0730. The molecule has 3 aromatic carbocycles. The Morgan fingerprint density at radius 1 is 0.933 bits per heavy atom. The summed E-state index contributed by atoms with van der Waals surface area (Å²) in [6.07, 6.45) is 0.966. The molecule has 0 aliphatic rings. The van der Waals surface area contributed by atoms with Crippen LogP contribution in [0.25, 0.3) is 0 Å². The number of hydrogen-bond acceptors (Lipinski definition) is 4. The molecule has 0 unspecified atom stereocenters. The van der Waals surface area contributed by atoms with Crippen LogP contribution < -0.4 is 4.18 Å². The monoisotopic (exact) mass is 447 g/mol. The molecule has 1 amide bonds. The summed E-state index contributed by atoms with van der Waals surface area (Å²) in [5.74, 6) is -0.450. The number of halogens is 2. The summed E-state index contributed by atoms with van der Waals surface area (Å²) in [5, 5.41) is 0.337. The molecule has 0 N–H and O–H groups in total. The minimum Gasteiger partial charge on any atom is -0.383 e. The van der Waals surface area contributed by atoms with Crippen molar-refractivity contribution in [2.75, 3.05) is 6.26 Å². The molecule has 0 bridgehead atoms. The molecule has 0 radical (unpaired) electrons. The molecule has 5 nitrogen and oxygen atoms in total. The van der Waals surface area contributed by atoms with E-state index >= 15 is 0 Å². The Morgan fingerprint density at radius 2 is 1.47 bits per heavy atom. The first-order valence-electron chi connectivity index (χ1n) is 8.98. The lowest BCUT2D eigenvalue weighted by Gasteiger charge is -2.24. The molecule has 0 atom stereocenters. The van der Waals surface area contributed by atoms with Gasteiger partial charge in [0, 0.05) is 13.1 Å². The van der Waals surface area contributed by atoms with Gasteiger partial charge in [0.1, 0.15) is 11.6 Å². The highest BCUT2D eigenvalue weighted by Crippen LogP contribution is 2.21. The highest BCUT2D eigenvalue weighted by Gasteiger charge is 2.19. The fourth-order valence-electron chi connectivity index (χ4n) is 2.86. The van der Waals surface area contributed by atoms with Gasteiger partial charge >= 0.3 is 10.1 Å². The van der Waals surface area contributed by atoms with Gasteiger partial charge < -0.3 is 9.08 Å². The predicted molar refractivity (Wildman–Crippen MR) is 113 cm³/mol. The number of benzene rings is 3. The molecular weight excluding hydrogens is 429 g/mol. The van der Waals surface area contributed by atoms with Gasteiger partial charge in [-0.3, -0.25) is 4.79 Å². The summed E-state index contributed by atoms with van der Waals surface area (Å²) < 4.78 is 40.6. The maximum Gasteiger partial charge on any atom is 0.306 e. The van der Waals surface area contributed by atoms with Crippen molar-refractivity contribution in [3.63, 3.8) is 0 Å². The predicted octanol–water partition coefficient (Wildman–Crippen LogP) is 4.66. The summed E-state index contributed by atoms with van der Waals surface area (Å²) >= 11 is 6.20. The van der Waals surface area contributed by atoms with E-state index in [0.29, 0.717) is 10.6 Å². The fourth-order valence-corrected chi connectivity index (χ4v) is 3.54. The molecule has 0 fully saturated rings. The van der Waals surface area contributed by atoms with Crippen LogP contribution in [0.15, 0.2) is 72.8 Å². The van der Waals surface area contributed by atoms with Gasteiger partial charge in [0.25, 0.3) is 5.91 Å². The van der Waals surface area contributed by atoms with Gasteiger partial charge in [0.15, 0.2) is 0 Å². The zero-order valence-corrected chi connectivity index (χ0v) is 17.7. The Morgan fingerprint density at radius 3 is 2.00 bits per heavy atom. The van der Waals surface area contributed by atoms with E-state index in [-0.39, 0.29) is 30.6 Å². The number of amides is 1. The summed E-state index contributed by atoms with van der Waals surface area (Å²) in [6, 6.07) is 19.1. The van der Waals surface area contributed by atoms with Gasteiger partial charge in [-0.25, -0.2) is 4.39 Å². The maximum absolute atomic E-state index is 13.3. The van der Waals surface area contributed by atoms with Crippen LogP contribution in [0.2, 0.25) is 5.02 Å². The largest absolute Gasteiger partial charge is 0.383 e. The highest BCUT2D eigenvalue weighted by molar-refractivity contribution is 7.86. The zero-order chi connectivity index (χ0) is 21.7. The molecule has 8 heteroatoms. The Bertz CT molecular complexity index is 1130. The molecule has 30 heavy (non-hydrogen) atoms.